The zero-order valence-electron chi connectivity index (χ0n) is 18.9. The van der Waals surface area contributed by atoms with Crippen LogP contribution in [0.2, 0.25) is 5.02 Å². The highest BCUT2D eigenvalue weighted by Gasteiger charge is 2.56. The summed E-state index contributed by atoms with van der Waals surface area (Å²) in [6.07, 6.45) is 3.60. The molecule has 2 fully saturated rings. The van der Waals surface area contributed by atoms with Crippen LogP contribution < -0.4 is 5.32 Å². The third-order valence-corrected chi connectivity index (χ3v) is 6.81. The zero-order chi connectivity index (χ0) is 24.7. The van der Waals surface area contributed by atoms with E-state index in [2.05, 4.69) is 10.4 Å². The molecule has 0 bridgehead atoms. The molecule has 2 aliphatic heterocycles. The average molecular weight is 499 g/mol. The Balaban J connectivity index is 1.24. The Morgan fingerprint density at radius 3 is 2.63 bits per heavy atom. The van der Waals surface area contributed by atoms with Crippen LogP contribution in [0.5, 0.6) is 0 Å². The summed E-state index contributed by atoms with van der Waals surface area (Å²) in [5.74, 6) is -1.27. The van der Waals surface area contributed by atoms with E-state index < -0.39 is 48.5 Å². The summed E-state index contributed by atoms with van der Waals surface area (Å²) in [7, 11) is 0. The lowest BCUT2D eigenvalue weighted by Crippen LogP contribution is -2.46. The van der Waals surface area contributed by atoms with Gasteiger partial charge in [0, 0.05) is 11.4 Å². The summed E-state index contributed by atoms with van der Waals surface area (Å²) in [4.78, 5) is 51.2. The third-order valence-electron chi connectivity index (χ3n) is 6.55. The van der Waals surface area contributed by atoms with Crippen molar-refractivity contribution in [3.63, 3.8) is 0 Å². The normalized spacial score (nSPS) is 23.9. The zero-order valence-corrected chi connectivity index (χ0v) is 19.7. The van der Waals surface area contributed by atoms with Gasteiger partial charge in [0.05, 0.1) is 12.0 Å². The number of halogens is 1. The minimum atomic E-state index is -0.994. The minimum absolute atomic E-state index is 0.0722. The first-order valence-corrected chi connectivity index (χ1v) is 11.6. The van der Waals surface area contributed by atoms with Gasteiger partial charge < -0.3 is 14.5 Å². The fourth-order valence-corrected chi connectivity index (χ4v) is 4.57. The maximum Gasteiger partial charge on any atom is 0.326 e. The Labute approximate surface area is 205 Å². The van der Waals surface area contributed by atoms with Crippen molar-refractivity contribution in [2.45, 2.75) is 37.8 Å². The Kier molecular flexibility index (Phi) is 5.84. The number of esters is 1. The van der Waals surface area contributed by atoms with Gasteiger partial charge in [0.25, 0.3) is 11.8 Å². The Morgan fingerprint density at radius 2 is 1.97 bits per heavy atom. The molecule has 35 heavy (non-hydrogen) atoms. The van der Waals surface area contributed by atoms with Crippen LogP contribution in [0, 0.1) is 5.92 Å². The number of nitrogens with one attached hydrogen (secondary N) is 1. The fraction of sp³-hybridized carbons (Fsp3) is 0.375. The number of carbonyl (C=O) groups excluding carboxylic acids is 4. The Morgan fingerprint density at radius 1 is 1.23 bits per heavy atom. The van der Waals surface area contributed by atoms with Crippen LogP contribution in [-0.2, 0) is 19.1 Å². The summed E-state index contributed by atoms with van der Waals surface area (Å²) in [5.41, 5.74) is 0.461. The van der Waals surface area contributed by atoms with E-state index in [9.17, 15) is 19.2 Å². The number of hydrogen-bond acceptors (Lipinski definition) is 7. The molecular weight excluding hydrogens is 476 g/mol. The van der Waals surface area contributed by atoms with Crippen molar-refractivity contribution in [1.29, 1.82) is 0 Å². The summed E-state index contributed by atoms with van der Waals surface area (Å²) < 4.78 is 10.6. The number of urea groups is 1. The smallest absolute Gasteiger partial charge is 0.326 e. The topological polar surface area (TPSA) is 122 Å². The van der Waals surface area contributed by atoms with Gasteiger partial charge in [0.2, 0.25) is 0 Å². The number of ether oxygens (including phenoxy) is 1. The van der Waals surface area contributed by atoms with Gasteiger partial charge in [-0.1, -0.05) is 23.7 Å². The third kappa shape index (κ3) is 4.41. The largest absolute Gasteiger partial charge is 0.467 e. The summed E-state index contributed by atoms with van der Waals surface area (Å²) in [6.45, 7) is 0.496. The van der Waals surface area contributed by atoms with Crippen LogP contribution in [-0.4, -0.2) is 58.1 Å². The molecule has 5 rings (SSSR count). The van der Waals surface area contributed by atoms with Gasteiger partial charge in [-0.05, 0) is 55.5 Å². The molecule has 2 atom stereocenters. The SMILES string of the molecule is C[C@@]1(C2CC2)NC(=O)N(CC(=O)OCC(=O)N2N=C(c3ccc(Cl)cc3)C[C@@H]2c2ccco2)C1=O. The van der Waals surface area contributed by atoms with E-state index in [1.54, 1.807) is 31.2 Å². The predicted molar refractivity (Wildman–Crippen MR) is 123 cm³/mol. The molecule has 11 heteroatoms. The first-order chi connectivity index (χ1) is 16.8. The highest BCUT2D eigenvalue weighted by molar-refractivity contribution is 6.30. The van der Waals surface area contributed by atoms with E-state index in [0.29, 0.717) is 22.9 Å². The maximum absolute atomic E-state index is 13.0. The Hall–Kier alpha value is -3.66. The molecule has 1 aliphatic carbocycles. The number of rotatable bonds is 7. The molecule has 0 unspecified atom stereocenters. The lowest BCUT2D eigenvalue weighted by molar-refractivity contribution is -0.154. The summed E-state index contributed by atoms with van der Waals surface area (Å²) in [6, 6.07) is 9.39. The molecule has 0 radical (unpaired) electrons. The number of benzene rings is 1. The fourth-order valence-electron chi connectivity index (χ4n) is 4.44. The van der Waals surface area contributed by atoms with Crippen molar-refractivity contribution in [2.75, 3.05) is 13.2 Å². The van der Waals surface area contributed by atoms with Crippen molar-refractivity contribution in [1.82, 2.24) is 15.2 Å². The minimum Gasteiger partial charge on any atom is -0.467 e. The van der Waals surface area contributed by atoms with Crippen molar-refractivity contribution in [2.24, 2.45) is 11.0 Å². The van der Waals surface area contributed by atoms with E-state index in [1.807, 2.05) is 12.1 Å². The van der Waals surface area contributed by atoms with E-state index >= 15 is 0 Å². The monoisotopic (exact) mass is 498 g/mol. The highest BCUT2D eigenvalue weighted by Crippen LogP contribution is 2.42. The van der Waals surface area contributed by atoms with Gasteiger partial charge in [0.1, 0.15) is 23.9 Å². The molecule has 3 aliphatic rings. The molecule has 0 spiro atoms. The van der Waals surface area contributed by atoms with Gasteiger partial charge in [-0.3, -0.25) is 19.3 Å². The van der Waals surface area contributed by atoms with Crippen molar-refractivity contribution >= 4 is 41.1 Å². The van der Waals surface area contributed by atoms with Crippen LogP contribution in [0.25, 0.3) is 0 Å². The van der Waals surface area contributed by atoms with Crippen LogP contribution >= 0.6 is 11.6 Å². The van der Waals surface area contributed by atoms with Gasteiger partial charge in [-0.2, -0.15) is 5.10 Å². The second-order valence-corrected chi connectivity index (χ2v) is 9.42. The summed E-state index contributed by atoms with van der Waals surface area (Å²) >= 11 is 5.97. The van der Waals surface area contributed by atoms with Crippen LogP contribution in [0.15, 0.2) is 52.2 Å². The molecule has 4 amide bonds. The molecular formula is C24H23ClN4O6. The van der Waals surface area contributed by atoms with Crippen molar-refractivity contribution in [3.05, 3.63) is 59.0 Å². The van der Waals surface area contributed by atoms with Crippen LogP contribution in [0.3, 0.4) is 0 Å². The van der Waals surface area contributed by atoms with Gasteiger partial charge >= 0.3 is 12.0 Å². The highest BCUT2D eigenvalue weighted by atomic mass is 35.5. The molecule has 1 N–H and O–H groups in total. The molecule has 1 saturated heterocycles. The number of hydrogen-bond donors (Lipinski definition) is 1. The first kappa shape index (κ1) is 23.1. The standard InChI is InChI=1S/C24H23ClN4O6/c1-24(15-6-7-15)22(32)28(23(33)26-24)12-21(31)35-13-20(30)29-18(19-3-2-10-34-19)11-17(27-29)14-4-8-16(25)9-5-14/h2-5,8-10,15,18H,6-7,11-13H2,1H3,(H,26,33)/t18-,24+/m1/s1. The van der Waals surface area contributed by atoms with Crippen LogP contribution in [0.1, 0.15) is 43.6 Å². The lowest BCUT2D eigenvalue weighted by Gasteiger charge is -2.21. The molecule has 1 aromatic heterocycles. The number of amides is 4. The molecule has 10 nitrogen and oxygen atoms in total. The number of hydrazone groups is 1. The quantitative estimate of drug-likeness (QED) is 0.462. The van der Waals surface area contributed by atoms with E-state index in [-0.39, 0.29) is 5.92 Å². The van der Waals surface area contributed by atoms with Crippen molar-refractivity contribution < 1.29 is 28.3 Å². The molecule has 3 heterocycles. The molecule has 1 aromatic carbocycles. The first-order valence-electron chi connectivity index (χ1n) is 11.2. The Bertz CT molecular complexity index is 1210. The number of furan rings is 1. The maximum atomic E-state index is 13.0. The second kappa shape index (κ2) is 8.84. The van der Waals surface area contributed by atoms with Gasteiger partial charge in [0.15, 0.2) is 6.61 Å². The average Bonchev–Trinajstić information content (AvgIpc) is 3.30. The van der Waals surface area contributed by atoms with Gasteiger partial charge in [-0.15, -0.1) is 0 Å². The number of carbonyl (C=O) groups is 4. The summed E-state index contributed by atoms with van der Waals surface area (Å²) in [5, 5.41) is 8.93. The van der Waals surface area contributed by atoms with E-state index in [1.165, 1.54) is 11.3 Å². The van der Waals surface area contributed by atoms with E-state index in [4.69, 9.17) is 20.8 Å². The van der Waals surface area contributed by atoms with Crippen LogP contribution in [0.4, 0.5) is 4.79 Å². The molecule has 1 saturated carbocycles. The molecule has 2 aromatic rings. The number of imide groups is 1. The van der Waals surface area contributed by atoms with E-state index in [0.717, 1.165) is 23.3 Å². The lowest BCUT2D eigenvalue weighted by atomic mass is 9.96. The van der Waals surface area contributed by atoms with Gasteiger partial charge in [-0.25, -0.2) is 9.80 Å². The predicted octanol–water partition coefficient (Wildman–Crippen LogP) is 2.87. The van der Waals surface area contributed by atoms with Crippen molar-refractivity contribution in [3.8, 4) is 0 Å². The number of nitrogens with zero attached hydrogens (tertiary/aromatic N) is 3. The molecule has 182 valence electrons. The second-order valence-electron chi connectivity index (χ2n) is 8.99.